The number of nitrogens with one attached hydrogen (secondary N) is 1. The summed E-state index contributed by atoms with van der Waals surface area (Å²) < 4.78 is 37.2. The van der Waals surface area contributed by atoms with Crippen LogP contribution in [0.4, 0.5) is 0 Å². The molecule has 0 heterocycles. The minimum Gasteiger partial charge on any atom is -0.466 e. The van der Waals surface area contributed by atoms with E-state index in [0.29, 0.717) is 32.0 Å². The molecule has 0 unspecified atom stereocenters. The van der Waals surface area contributed by atoms with E-state index in [9.17, 15) is 4.79 Å². The van der Waals surface area contributed by atoms with E-state index in [4.69, 9.17) is 31.3 Å². The summed E-state index contributed by atoms with van der Waals surface area (Å²) in [6, 6.07) is 1.32. The van der Waals surface area contributed by atoms with Crippen LogP contribution in [0.15, 0.2) is 0 Å². The predicted octanol–water partition coefficient (Wildman–Crippen LogP) is 1.05. The Morgan fingerprint density at radius 2 is 1.19 bits per heavy atom. The molecule has 26 heavy (non-hydrogen) atoms. The minimum atomic E-state index is -2.59. The van der Waals surface area contributed by atoms with Crippen LogP contribution in [0.5, 0.6) is 0 Å². The Balaban J connectivity index is 3.75. The van der Waals surface area contributed by atoms with Gasteiger partial charge in [-0.05, 0) is 19.4 Å². The van der Waals surface area contributed by atoms with E-state index in [0.717, 1.165) is 19.0 Å². The van der Waals surface area contributed by atoms with E-state index in [1.54, 1.807) is 42.7 Å². The Bertz CT molecular complexity index is 351. The molecule has 0 saturated heterocycles. The lowest BCUT2D eigenvalue weighted by Gasteiger charge is -2.24. The fraction of sp³-hybridized carbons (Fsp3) is 0.933. The molecular weight excluding hydrogens is 378 g/mol. The molecule has 0 rings (SSSR count). The summed E-state index contributed by atoms with van der Waals surface area (Å²) in [4.78, 5) is 11.7. The lowest BCUT2D eigenvalue weighted by Crippen LogP contribution is -2.43. The van der Waals surface area contributed by atoms with Crippen LogP contribution < -0.4 is 5.32 Å². The molecule has 9 nitrogen and oxygen atoms in total. The first-order valence-electron chi connectivity index (χ1n) is 8.64. The summed E-state index contributed by atoms with van der Waals surface area (Å²) >= 11 is 0. The highest BCUT2D eigenvalue weighted by atomic mass is 28.4. The molecule has 0 radical (unpaired) electrons. The SMILES string of the molecule is CO[Si](CCCNCCC(=O)OCCC[Si](OC)(OC)OC)(OC)OC. The molecule has 0 aromatic rings. The summed E-state index contributed by atoms with van der Waals surface area (Å²) in [5, 5.41) is 3.20. The number of ether oxygens (including phenoxy) is 1. The number of hydrogen-bond donors (Lipinski definition) is 1. The van der Waals surface area contributed by atoms with E-state index in [2.05, 4.69) is 5.32 Å². The standard InChI is InChI=1S/C15H35NO8Si2/c1-18-25(19-2,20-3)13-7-10-16-11-9-15(17)24-12-8-14-26(21-4,22-5)23-6/h16H,7-14H2,1-6H3. The lowest BCUT2D eigenvalue weighted by molar-refractivity contribution is -0.143. The van der Waals surface area contributed by atoms with Gasteiger partial charge in [0.2, 0.25) is 0 Å². The number of esters is 1. The van der Waals surface area contributed by atoms with Crippen molar-refractivity contribution in [3.63, 3.8) is 0 Å². The summed E-state index contributed by atoms with van der Waals surface area (Å²) in [5.74, 6) is -0.230. The van der Waals surface area contributed by atoms with Crippen molar-refractivity contribution in [2.45, 2.75) is 31.4 Å². The largest absolute Gasteiger partial charge is 0.500 e. The van der Waals surface area contributed by atoms with Crippen molar-refractivity contribution in [1.29, 1.82) is 0 Å². The van der Waals surface area contributed by atoms with Crippen LogP contribution >= 0.6 is 0 Å². The molecule has 156 valence electrons. The van der Waals surface area contributed by atoms with Crippen molar-refractivity contribution < 1.29 is 36.1 Å². The van der Waals surface area contributed by atoms with Crippen LogP contribution in [0.3, 0.4) is 0 Å². The number of carbonyl (C=O) groups is 1. The average molecular weight is 414 g/mol. The quantitative estimate of drug-likeness (QED) is 0.213. The zero-order valence-corrected chi connectivity index (χ0v) is 18.9. The van der Waals surface area contributed by atoms with Crippen LogP contribution in [0.1, 0.15) is 19.3 Å². The monoisotopic (exact) mass is 413 g/mol. The maximum Gasteiger partial charge on any atom is 0.500 e. The molecule has 0 atom stereocenters. The summed E-state index contributed by atoms with van der Waals surface area (Å²) in [6.07, 6.45) is 1.80. The van der Waals surface area contributed by atoms with Crippen LogP contribution in [-0.2, 0) is 36.1 Å². The molecule has 0 aromatic heterocycles. The van der Waals surface area contributed by atoms with E-state index >= 15 is 0 Å². The predicted molar refractivity (Wildman–Crippen MR) is 101 cm³/mol. The zero-order valence-electron chi connectivity index (χ0n) is 16.9. The van der Waals surface area contributed by atoms with Crippen molar-refractivity contribution in [2.75, 3.05) is 62.4 Å². The Morgan fingerprint density at radius 1 is 0.731 bits per heavy atom. The smallest absolute Gasteiger partial charge is 0.466 e. The van der Waals surface area contributed by atoms with Gasteiger partial charge in [0.05, 0.1) is 13.0 Å². The van der Waals surface area contributed by atoms with Crippen molar-refractivity contribution in [3.05, 3.63) is 0 Å². The molecule has 0 aliphatic heterocycles. The highest BCUT2D eigenvalue weighted by Crippen LogP contribution is 2.15. The van der Waals surface area contributed by atoms with Crippen molar-refractivity contribution in [2.24, 2.45) is 0 Å². The third-order valence-corrected chi connectivity index (χ3v) is 9.76. The third-order valence-electron chi connectivity index (χ3n) is 4.10. The van der Waals surface area contributed by atoms with Gasteiger partial charge in [-0.1, -0.05) is 0 Å². The van der Waals surface area contributed by atoms with Gasteiger partial charge in [-0.2, -0.15) is 0 Å². The number of carbonyl (C=O) groups excluding carboxylic acids is 1. The van der Waals surface area contributed by atoms with Gasteiger partial charge in [0.1, 0.15) is 0 Å². The summed E-state index contributed by atoms with van der Waals surface area (Å²) in [5.41, 5.74) is 0. The molecule has 0 saturated carbocycles. The Morgan fingerprint density at radius 3 is 1.65 bits per heavy atom. The summed E-state index contributed by atoms with van der Waals surface area (Å²) in [7, 11) is 4.40. The Labute approximate surface area is 159 Å². The van der Waals surface area contributed by atoms with Crippen molar-refractivity contribution >= 4 is 23.6 Å². The van der Waals surface area contributed by atoms with Gasteiger partial charge >= 0.3 is 23.6 Å². The molecule has 1 N–H and O–H groups in total. The fourth-order valence-corrected chi connectivity index (χ4v) is 5.82. The molecule has 11 heteroatoms. The maximum atomic E-state index is 11.7. The van der Waals surface area contributed by atoms with Gasteiger partial charge in [-0.25, -0.2) is 0 Å². The maximum absolute atomic E-state index is 11.7. The normalized spacial score (nSPS) is 12.4. The highest BCUT2D eigenvalue weighted by Gasteiger charge is 2.37. The first-order chi connectivity index (χ1) is 12.5. The topological polar surface area (TPSA) is 93.7 Å². The second kappa shape index (κ2) is 14.7. The van der Waals surface area contributed by atoms with Gasteiger partial charge in [0.25, 0.3) is 0 Å². The van der Waals surface area contributed by atoms with Crippen LogP contribution in [-0.4, -0.2) is 85.9 Å². The van der Waals surface area contributed by atoms with Crippen LogP contribution in [0.2, 0.25) is 12.1 Å². The molecule has 0 amide bonds. The zero-order chi connectivity index (χ0) is 19.9. The van der Waals surface area contributed by atoms with Gasteiger partial charge < -0.3 is 36.6 Å². The molecule has 0 fully saturated rings. The minimum absolute atomic E-state index is 0.230. The van der Waals surface area contributed by atoms with Gasteiger partial charge in [-0.15, -0.1) is 0 Å². The van der Waals surface area contributed by atoms with Gasteiger partial charge in [0, 0.05) is 61.3 Å². The van der Waals surface area contributed by atoms with E-state index in [1.807, 2.05) is 0 Å². The van der Waals surface area contributed by atoms with E-state index in [1.165, 1.54) is 0 Å². The van der Waals surface area contributed by atoms with E-state index in [-0.39, 0.29) is 5.97 Å². The first kappa shape index (κ1) is 25.6. The third kappa shape index (κ3) is 9.53. The number of hydrogen-bond acceptors (Lipinski definition) is 9. The first-order valence-corrected chi connectivity index (χ1v) is 12.5. The molecule has 0 aromatic carbocycles. The van der Waals surface area contributed by atoms with Gasteiger partial charge in [-0.3, -0.25) is 4.79 Å². The molecule has 0 spiro atoms. The number of rotatable bonds is 17. The van der Waals surface area contributed by atoms with Crippen molar-refractivity contribution in [3.8, 4) is 0 Å². The Kier molecular flexibility index (Phi) is 14.4. The van der Waals surface area contributed by atoms with Gasteiger partial charge in [0.15, 0.2) is 0 Å². The Hall–Kier alpha value is -0.376. The molecular formula is C15H35NO8Si2. The van der Waals surface area contributed by atoms with Crippen molar-refractivity contribution in [1.82, 2.24) is 5.32 Å². The highest BCUT2D eigenvalue weighted by molar-refractivity contribution is 6.60. The fourth-order valence-electron chi connectivity index (χ4n) is 2.40. The molecule has 0 aliphatic carbocycles. The molecule has 0 bridgehead atoms. The van der Waals surface area contributed by atoms with Crippen LogP contribution in [0, 0.1) is 0 Å². The summed E-state index contributed by atoms with van der Waals surface area (Å²) in [6.45, 7) is 1.64. The second-order valence-corrected chi connectivity index (χ2v) is 11.7. The lowest BCUT2D eigenvalue weighted by atomic mass is 10.4. The molecule has 0 aliphatic rings. The second-order valence-electron chi connectivity index (χ2n) is 5.52. The van der Waals surface area contributed by atoms with Crippen LogP contribution in [0.25, 0.3) is 0 Å². The van der Waals surface area contributed by atoms with E-state index < -0.39 is 17.6 Å². The average Bonchev–Trinajstić information content (AvgIpc) is 2.69.